The molecule has 0 amide bonds. The summed E-state index contributed by atoms with van der Waals surface area (Å²) in [5.41, 5.74) is -2.26. The number of carbonyl (C=O) groups is 2. The van der Waals surface area contributed by atoms with Gasteiger partial charge in [-0.2, -0.15) is 0 Å². The van der Waals surface area contributed by atoms with Crippen LogP contribution in [0.4, 0.5) is 0 Å². The van der Waals surface area contributed by atoms with Gasteiger partial charge in [0.15, 0.2) is 0 Å². The van der Waals surface area contributed by atoms with Gasteiger partial charge in [0.2, 0.25) is 0 Å². The summed E-state index contributed by atoms with van der Waals surface area (Å²) in [5.74, 6) is 0.798. The molecule has 0 spiro atoms. The summed E-state index contributed by atoms with van der Waals surface area (Å²) in [7, 11) is 0. The quantitative estimate of drug-likeness (QED) is 0.274. The van der Waals surface area contributed by atoms with Gasteiger partial charge in [-0.25, -0.2) is 14.5 Å². The molecule has 0 radical (unpaired) electrons. The van der Waals surface area contributed by atoms with Crippen molar-refractivity contribution in [2.24, 2.45) is 11.8 Å². The average Bonchev–Trinajstić information content (AvgIpc) is 2.26. The Hall–Kier alpha value is -1.58. The zero-order valence-corrected chi connectivity index (χ0v) is 11.6. The first-order chi connectivity index (χ1) is 8.71. The van der Waals surface area contributed by atoms with Crippen molar-refractivity contribution in [3.05, 3.63) is 0 Å². The van der Waals surface area contributed by atoms with Crippen LogP contribution in [0.1, 0.15) is 34.6 Å². The Morgan fingerprint density at radius 2 is 1.68 bits per heavy atom. The third-order valence-electron chi connectivity index (χ3n) is 2.83. The van der Waals surface area contributed by atoms with Gasteiger partial charge >= 0.3 is 17.5 Å². The molecule has 1 N–H and O–H groups in total. The predicted octanol–water partition coefficient (Wildman–Crippen LogP) is 1.35. The second kappa shape index (κ2) is 5.19. The van der Waals surface area contributed by atoms with Crippen LogP contribution in [0.5, 0.6) is 0 Å². The van der Waals surface area contributed by atoms with Crippen LogP contribution in [0.25, 0.3) is 0 Å². The van der Waals surface area contributed by atoms with E-state index in [0.29, 0.717) is 0 Å². The lowest BCUT2D eigenvalue weighted by molar-refractivity contribution is -0.350. The Labute approximate surface area is 111 Å². The van der Waals surface area contributed by atoms with Crippen LogP contribution < -0.4 is 0 Å². The van der Waals surface area contributed by atoms with E-state index < -0.39 is 29.2 Å². The normalized spacial score (nSPS) is 22.1. The van der Waals surface area contributed by atoms with Crippen molar-refractivity contribution in [3.63, 3.8) is 0 Å². The van der Waals surface area contributed by atoms with Gasteiger partial charge in [0.05, 0.1) is 5.92 Å². The molecule has 1 saturated heterocycles. The summed E-state index contributed by atoms with van der Waals surface area (Å²) < 4.78 is 9.99. The molecule has 1 aliphatic heterocycles. The van der Waals surface area contributed by atoms with E-state index >= 15 is 0 Å². The maximum absolute atomic E-state index is 12.1. The molecule has 6 heteroatoms. The number of rotatable bonds is 3. The largest absolute Gasteiger partial charge is 0.420 e. The van der Waals surface area contributed by atoms with E-state index in [1.165, 1.54) is 13.8 Å². The zero-order valence-electron chi connectivity index (χ0n) is 11.6. The maximum Gasteiger partial charge on any atom is 0.358 e. The predicted molar refractivity (Wildman–Crippen MR) is 64.5 cm³/mol. The van der Waals surface area contributed by atoms with E-state index in [1.807, 2.05) is 0 Å². The third kappa shape index (κ3) is 2.57. The van der Waals surface area contributed by atoms with Gasteiger partial charge < -0.3 is 9.47 Å². The molecule has 0 aliphatic carbocycles. The highest BCUT2D eigenvalue weighted by atomic mass is 17.1. The van der Waals surface area contributed by atoms with Crippen molar-refractivity contribution in [2.75, 3.05) is 0 Å². The van der Waals surface area contributed by atoms with Gasteiger partial charge in [0.1, 0.15) is 0 Å². The Bertz CT molecular complexity index is 420. The summed E-state index contributed by atoms with van der Waals surface area (Å²) in [6.45, 7) is 7.88. The average molecular weight is 270 g/mol. The van der Waals surface area contributed by atoms with E-state index in [1.54, 1.807) is 20.8 Å². The minimum atomic E-state index is -2.26. The summed E-state index contributed by atoms with van der Waals surface area (Å²) in [5, 5.41) is 9.13. The van der Waals surface area contributed by atoms with Gasteiger partial charge in [-0.3, -0.25) is 5.26 Å². The van der Waals surface area contributed by atoms with Gasteiger partial charge in [-0.05, 0) is 12.8 Å². The molecule has 0 aromatic rings. The molecule has 0 aromatic heterocycles. The van der Waals surface area contributed by atoms with Crippen molar-refractivity contribution < 1.29 is 29.2 Å². The van der Waals surface area contributed by atoms with Gasteiger partial charge in [0.25, 0.3) is 5.79 Å². The summed E-state index contributed by atoms with van der Waals surface area (Å²) in [6.07, 6.45) is 0. The van der Waals surface area contributed by atoms with Crippen molar-refractivity contribution in [1.29, 1.82) is 0 Å². The van der Waals surface area contributed by atoms with Crippen molar-refractivity contribution >= 4 is 11.9 Å². The Morgan fingerprint density at radius 3 is 2.00 bits per heavy atom. The molecule has 1 fully saturated rings. The molecule has 19 heavy (non-hydrogen) atoms. The van der Waals surface area contributed by atoms with Gasteiger partial charge in [-0.1, -0.05) is 19.8 Å². The smallest absolute Gasteiger partial charge is 0.358 e. The molecular weight excluding hydrogens is 252 g/mol. The molecule has 0 aromatic carbocycles. The zero-order chi connectivity index (χ0) is 14.8. The van der Waals surface area contributed by atoms with Crippen molar-refractivity contribution in [1.82, 2.24) is 0 Å². The first kappa shape index (κ1) is 15.5. The second-order valence-electron chi connectivity index (χ2n) is 5.12. The summed E-state index contributed by atoms with van der Waals surface area (Å²) in [4.78, 5) is 28.5. The van der Waals surface area contributed by atoms with E-state index in [-0.39, 0.29) is 5.92 Å². The van der Waals surface area contributed by atoms with Crippen LogP contribution in [-0.4, -0.2) is 28.6 Å². The molecule has 1 atom stereocenters. The Balaban J connectivity index is 3.32. The minimum absolute atomic E-state index is 0.235. The number of hydrogen-bond donors (Lipinski definition) is 1. The Morgan fingerprint density at radius 1 is 1.21 bits per heavy atom. The number of ether oxygens (including phenoxy) is 2. The fourth-order valence-corrected chi connectivity index (χ4v) is 1.98. The monoisotopic (exact) mass is 270 g/mol. The van der Waals surface area contributed by atoms with Crippen LogP contribution in [-0.2, 0) is 24.0 Å². The topological polar surface area (TPSA) is 82.1 Å². The van der Waals surface area contributed by atoms with Crippen molar-refractivity contribution in [3.8, 4) is 11.8 Å². The molecule has 106 valence electrons. The van der Waals surface area contributed by atoms with E-state index in [0.717, 1.165) is 0 Å². The van der Waals surface area contributed by atoms with Crippen LogP contribution in [0.3, 0.4) is 0 Å². The fraction of sp³-hybridized carbons (Fsp3) is 0.692. The van der Waals surface area contributed by atoms with E-state index in [9.17, 15) is 9.59 Å². The highest BCUT2D eigenvalue weighted by molar-refractivity contribution is 6.06. The number of esters is 2. The molecule has 6 nitrogen and oxygen atoms in total. The molecule has 1 aliphatic rings. The molecule has 0 bridgehead atoms. The summed E-state index contributed by atoms with van der Waals surface area (Å²) in [6, 6.07) is 0. The lowest BCUT2D eigenvalue weighted by Gasteiger charge is -2.41. The first-order valence-corrected chi connectivity index (χ1v) is 5.93. The van der Waals surface area contributed by atoms with Crippen LogP contribution in [0.2, 0.25) is 0 Å². The Kier molecular flexibility index (Phi) is 4.23. The standard InChI is InChI=1S/C13H18O6/c1-6-7-9(8(2)3)13(19-16)10(14)17-12(4,5)18-11(13)15/h8-9,16H,1-5H3. The fourth-order valence-electron chi connectivity index (χ4n) is 1.98. The number of hydrogen-bond acceptors (Lipinski definition) is 6. The summed E-state index contributed by atoms with van der Waals surface area (Å²) >= 11 is 0. The highest BCUT2D eigenvalue weighted by Gasteiger charge is 2.63. The highest BCUT2D eigenvalue weighted by Crippen LogP contribution is 2.37. The lowest BCUT2D eigenvalue weighted by atomic mass is 9.79. The van der Waals surface area contributed by atoms with Crippen LogP contribution >= 0.6 is 0 Å². The molecule has 1 heterocycles. The molecule has 0 saturated carbocycles. The number of carbonyl (C=O) groups excluding carboxylic acids is 2. The number of cyclic esters (lactones) is 2. The van der Waals surface area contributed by atoms with Crippen LogP contribution in [0.15, 0.2) is 0 Å². The van der Waals surface area contributed by atoms with Gasteiger partial charge in [-0.15, -0.1) is 5.92 Å². The second-order valence-corrected chi connectivity index (χ2v) is 5.12. The lowest BCUT2D eigenvalue weighted by Crippen LogP contribution is -2.64. The minimum Gasteiger partial charge on any atom is -0.420 e. The maximum atomic E-state index is 12.1. The third-order valence-corrected chi connectivity index (χ3v) is 2.83. The molecule has 1 rings (SSSR count). The first-order valence-electron chi connectivity index (χ1n) is 5.93. The van der Waals surface area contributed by atoms with Crippen molar-refractivity contribution in [2.45, 2.75) is 46.0 Å². The molecular formula is C13H18O6. The van der Waals surface area contributed by atoms with E-state index in [2.05, 4.69) is 16.7 Å². The van der Waals surface area contributed by atoms with Crippen LogP contribution in [0, 0.1) is 23.7 Å². The molecule has 1 unspecified atom stereocenters. The van der Waals surface area contributed by atoms with Gasteiger partial charge in [0, 0.05) is 13.8 Å². The van der Waals surface area contributed by atoms with E-state index in [4.69, 9.17) is 14.7 Å². The SMILES string of the molecule is CC#CC(C(C)C)C1(OO)C(=O)OC(C)(C)OC1=O.